The minimum Gasteiger partial charge on any atom is -0.479 e. The fourth-order valence-corrected chi connectivity index (χ4v) is 1.15. The SMILES string of the molecule is C#CC(CCC)NC(=O)NC(C)(C(=O)O)C(F)(F)F. The molecule has 0 aliphatic rings. The van der Waals surface area contributed by atoms with Crippen LogP contribution in [-0.4, -0.2) is 34.9 Å². The Balaban J connectivity index is 4.86. The van der Waals surface area contributed by atoms with E-state index in [0.29, 0.717) is 19.8 Å². The molecule has 0 aliphatic carbocycles. The van der Waals surface area contributed by atoms with Crippen LogP contribution in [0.15, 0.2) is 0 Å². The maximum atomic E-state index is 12.6. The number of halogens is 3. The Hall–Kier alpha value is -1.91. The smallest absolute Gasteiger partial charge is 0.422 e. The second-order valence-corrected chi connectivity index (χ2v) is 4.03. The summed E-state index contributed by atoms with van der Waals surface area (Å²) in [5.74, 6) is -0.0187. The molecule has 0 radical (unpaired) electrons. The van der Waals surface area contributed by atoms with E-state index in [9.17, 15) is 22.8 Å². The van der Waals surface area contributed by atoms with Gasteiger partial charge in [0.2, 0.25) is 5.54 Å². The molecular weight excluding hydrogens is 265 g/mol. The summed E-state index contributed by atoms with van der Waals surface area (Å²) in [5, 5.41) is 12.1. The molecule has 0 bridgehead atoms. The van der Waals surface area contributed by atoms with Crippen LogP contribution in [0.2, 0.25) is 0 Å². The van der Waals surface area contributed by atoms with Crippen molar-refractivity contribution in [2.45, 2.75) is 44.4 Å². The minimum absolute atomic E-state index is 0.361. The van der Waals surface area contributed by atoms with Gasteiger partial charge in [-0.05, 0) is 13.3 Å². The molecule has 0 spiro atoms. The highest BCUT2D eigenvalue weighted by atomic mass is 19.4. The maximum absolute atomic E-state index is 12.6. The van der Waals surface area contributed by atoms with E-state index in [4.69, 9.17) is 11.5 Å². The predicted octanol–water partition coefficient (Wildman–Crippen LogP) is 1.49. The van der Waals surface area contributed by atoms with Gasteiger partial charge in [0.15, 0.2) is 0 Å². The quantitative estimate of drug-likeness (QED) is 0.668. The Labute approximate surface area is 108 Å². The van der Waals surface area contributed by atoms with Crippen molar-refractivity contribution in [2.75, 3.05) is 0 Å². The molecule has 2 atom stereocenters. The zero-order valence-electron chi connectivity index (χ0n) is 10.5. The van der Waals surface area contributed by atoms with E-state index < -0.39 is 29.8 Å². The molecule has 0 aliphatic heterocycles. The number of carbonyl (C=O) groups excluding carboxylic acids is 1. The van der Waals surface area contributed by atoms with Crippen LogP contribution >= 0.6 is 0 Å². The molecule has 19 heavy (non-hydrogen) atoms. The van der Waals surface area contributed by atoms with Gasteiger partial charge in [0.25, 0.3) is 0 Å². The number of rotatable bonds is 5. The molecule has 8 heteroatoms. The molecule has 0 aromatic heterocycles. The van der Waals surface area contributed by atoms with Gasteiger partial charge in [0.05, 0.1) is 6.04 Å². The number of carboxylic acids is 1. The Morgan fingerprint density at radius 3 is 2.26 bits per heavy atom. The van der Waals surface area contributed by atoms with Crippen molar-refractivity contribution in [3.63, 3.8) is 0 Å². The summed E-state index contributed by atoms with van der Waals surface area (Å²) in [7, 11) is 0. The van der Waals surface area contributed by atoms with E-state index in [1.54, 1.807) is 6.92 Å². The third-order valence-corrected chi connectivity index (χ3v) is 2.44. The monoisotopic (exact) mass is 280 g/mol. The summed E-state index contributed by atoms with van der Waals surface area (Å²) in [6.45, 7) is 2.14. The van der Waals surface area contributed by atoms with Crippen molar-refractivity contribution in [3.8, 4) is 12.3 Å². The molecule has 0 heterocycles. The van der Waals surface area contributed by atoms with E-state index in [1.807, 2.05) is 0 Å². The van der Waals surface area contributed by atoms with Crippen molar-refractivity contribution in [1.82, 2.24) is 10.6 Å². The highest BCUT2D eigenvalue weighted by Crippen LogP contribution is 2.30. The van der Waals surface area contributed by atoms with Gasteiger partial charge in [-0.2, -0.15) is 13.2 Å². The van der Waals surface area contributed by atoms with Gasteiger partial charge in [-0.1, -0.05) is 19.3 Å². The van der Waals surface area contributed by atoms with E-state index in [-0.39, 0.29) is 0 Å². The second kappa shape index (κ2) is 6.31. The maximum Gasteiger partial charge on any atom is 0.422 e. The first-order valence-electron chi connectivity index (χ1n) is 5.43. The Kier molecular flexibility index (Phi) is 5.68. The van der Waals surface area contributed by atoms with E-state index in [2.05, 4.69) is 11.2 Å². The topological polar surface area (TPSA) is 78.4 Å². The highest BCUT2D eigenvalue weighted by Gasteiger charge is 2.58. The predicted molar refractivity (Wildman–Crippen MR) is 61.3 cm³/mol. The van der Waals surface area contributed by atoms with Crippen LogP contribution in [0.5, 0.6) is 0 Å². The lowest BCUT2D eigenvalue weighted by Crippen LogP contribution is -2.64. The summed E-state index contributed by atoms with van der Waals surface area (Å²) < 4.78 is 37.9. The van der Waals surface area contributed by atoms with Crippen LogP contribution in [0.3, 0.4) is 0 Å². The van der Waals surface area contributed by atoms with Crippen molar-refractivity contribution in [2.24, 2.45) is 0 Å². The average molecular weight is 280 g/mol. The summed E-state index contributed by atoms with van der Waals surface area (Å²) in [6.07, 6.45) is 0.943. The lowest BCUT2D eigenvalue weighted by molar-refractivity contribution is -0.203. The van der Waals surface area contributed by atoms with Gasteiger partial charge in [-0.25, -0.2) is 9.59 Å². The van der Waals surface area contributed by atoms with Gasteiger partial charge in [-0.3, -0.25) is 0 Å². The lowest BCUT2D eigenvalue weighted by Gasteiger charge is -2.29. The van der Waals surface area contributed by atoms with Gasteiger partial charge in [0.1, 0.15) is 0 Å². The van der Waals surface area contributed by atoms with Gasteiger partial charge >= 0.3 is 18.2 Å². The van der Waals surface area contributed by atoms with E-state index in [1.165, 1.54) is 5.32 Å². The number of hydrogen-bond donors (Lipinski definition) is 3. The fraction of sp³-hybridized carbons (Fsp3) is 0.636. The Bertz CT molecular complexity index is 390. The molecule has 5 nitrogen and oxygen atoms in total. The lowest BCUT2D eigenvalue weighted by atomic mass is 10.0. The average Bonchev–Trinajstić information content (AvgIpc) is 2.26. The molecule has 3 N–H and O–H groups in total. The number of carbonyl (C=O) groups is 2. The third-order valence-electron chi connectivity index (χ3n) is 2.44. The first-order chi connectivity index (χ1) is 8.58. The highest BCUT2D eigenvalue weighted by molar-refractivity contribution is 5.87. The number of aliphatic carboxylic acids is 1. The van der Waals surface area contributed by atoms with E-state index in [0.717, 1.165) is 0 Å². The summed E-state index contributed by atoms with van der Waals surface area (Å²) in [5.41, 5.74) is -3.37. The molecule has 0 saturated carbocycles. The van der Waals surface area contributed by atoms with Gasteiger partial charge < -0.3 is 15.7 Å². The standard InChI is InChI=1S/C11H15F3N2O3/c1-4-6-7(5-2)15-9(19)16-10(3,8(17)18)11(12,13)14/h2,7H,4,6H2,1,3H3,(H,17,18)(H2,15,16,19). The zero-order chi connectivity index (χ0) is 15.3. The van der Waals surface area contributed by atoms with Crippen molar-refractivity contribution in [3.05, 3.63) is 0 Å². The number of alkyl halides is 3. The van der Waals surface area contributed by atoms with Gasteiger partial charge in [-0.15, -0.1) is 6.42 Å². The third kappa shape index (κ3) is 4.35. The molecule has 108 valence electrons. The zero-order valence-corrected chi connectivity index (χ0v) is 10.5. The van der Waals surface area contributed by atoms with Crippen molar-refractivity contribution >= 4 is 12.0 Å². The van der Waals surface area contributed by atoms with Gasteiger partial charge in [0, 0.05) is 0 Å². The molecule has 2 amide bonds. The summed E-state index contributed by atoms with van der Waals surface area (Å²) in [6, 6.07) is -2.03. The van der Waals surface area contributed by atoms with Crippen molar-refractivity contribution < 1.29 is 27.9 Å². The first-order valence-corrected chi connectivity index (χ1v) is 5.43. The summed E-state index contributed by atoms with van der Waals surface area (Å²) >= 11 is 0. The van der Waals surface area contributed by atoms with Crippen LogP contribution in [0.1, 0.15) is 26.7 Å². The molecular formula is C11H15F3N2O3. The van der Waals surface area contributed by atoms with Crippen LogP contribution in [-0.2, 0) is 4.79 Å². The Morgan fingerprint density at radius 2 is 1.95 bits per heavy atom. The second-order valence-electron chi connectivity index (χ2n) is 4.03. The minimum atomic E-state index is -5.13. The van der Waals surface area contributed by atoms with Crippen LogP contribution in [0.25, 0.3) is 0 Å². The molecule has 0 aromatic rings. The first kappa shape index (κ1) is 17.1. The van der Waals surface area contributed by atoms with Crippen LogP contribution in [0.4, 0.5) is 18.0 Å². The molecule has 0 fully saturated rings. The molecule has 0 aromatic carbocycles. The van der Waals surface area contributed by atoms with Crippen molar-refractivity contribution in [1.29, 1.82) is 0 Å². The normalized spacial score (nSPS) is 15.8. The van der Waals surface area contributed by atoms with E-state index >= 15 is 0 Å². The number of amides is 2. The number of nitrogens with one attached hydrogen (secondary N) is 2. The molecule has 0 saturated heterocycles. The number of carboxylic acid groups (broad SMARTS) is 1. The number of urea groups is 1. The fourth-order valence-electron chi connectivity index (χ4n) is 1.15. The molecule has 0 rings (SSSR count). The van der Waals surface area contributed by atoms with Crippen LogP contribution < -0.4 is 10.6 Å². The summed E-state index contributed by atoms with van der Waals surface area (Å²) in [4.78, 5) is 22.1. The Morgan fingerprint density at radius 1 is 1.42 bits per heavy atom. The largest absolute Gasteiger partial charge is 0.479 e. The number of terminal acetylenes is 1. The van der Waals surface area contributed by atoms with Crippen LogP contribution in [0, 0.1) is 12.3 Å². The number of hydrogen-bond acceptors (Lipinski definition) is 2. The molecule has 2 unspecified atom stereocenters.